The molecule has 3 rings (SSSR count). The maximum atomic E-state index is 5.71. The Labute approximate surface area is 151 Å². The van der Waals surface area contributed by atoms with Gasteiger partial charge in [-0.15, -0.1) is 0 Å². The van der Waals surface area contributed by atoms with Gasteiger partial charge in [0.25, 0.3) is 0 Å². The van der Waals surface area contributed by atoms with E-state index in [0.29, 0.717) is 12.4 Å². The smallest absolute Gasteiger partial charge is 0.203 e. The summed E-state index contributed by atoms with van der Waals surface area (Å²) in [6, 6.07) is 4.95. The molecule has 2 aliphatic rings. The number of hydrogen-bond donors (Lipinski definition) is 0. The van der Waals surface area contributed by atoms with Crippen molar-refractivity contribution in [3.05, 3.63) is 17.7 Å². The number of benzene rings is 1. The first-order valence-corrected chi connectivity index (χ1v) is 9.46. The third kappa shape index (κ3) is 4.04. The third-order valence-corrected chi connectivity index (χ3v) is 5.65. The number of ether oxygens (including phenoxy) is 3. The number of piperidine rings is 2. The molecule has 0 spiro atoms. The Balaban J connectivity index is 1.72. The zero-order chi connectivity index (χ0) is 17.8. The molecule has 2 fully saturated rings. The lowest BCUT2D eigenvalue weighted by Crippen LogP contribution is -2.52. The van der Waals surface area contributed by atoms with Crippen molar-refractivity contribution < 1.29 is 14.2 Å². The minimum absolute atomic E-state index is 0.592. The van der Waals surface area contributed by atoms with Crippen LogP contribution in [0.25, 0.3) is 0 Å². The largest absolute Gasteiger partial charge is 0.493 e. The molecule has 25 heavy (non-hydrogen) atoms. The molecule has 0 aromatic heterocycles. The second kappa shape index (κ2) is 8.28. The zero-order valence-electron chi connectivity index (χ0n) is 16.1. The molecular weight excluding hydrogens is 316 g/mol. The van der Waals surface area contributed by atoms with Crippen LogP contribution in [0.15, 0.2) is 12.1 Å². The van der Waals surface area contributed by atoms with E-state index in [1.807, 2.05) is 6.92 Å². The van der Waals surface area contributed by atoms with Crippen LogP contribution < -0.4 is 14.2 Å². The topological polar surface area (TPSA) is 34.2 Å². The minimum atomic E-state index is 0.592. The van der Waals surface area contributed by atoms with Gasteiger partial charge in [0.1, 0.15) is 0 Å². The van der Waals surface area contributed by atoms with Gasteiger partial charge in [0, 0.05) is 19.1 Å². The average molecular weight is 348 g/mol. The van der Waals surface area contributed by atoms with Crippen molar-refractivity contribution in [2.75, 3.05) is 47.5 Å². The van der Waals surface area contributed by atoms with Crippen molar-refractivity contribution in [3.63, 3.8) is 0 Å². The summed E-state index contributed by atoms with van der Waals surface area (Å²) < 4.78 is 16.8. The normalized spacial score (nSPS) is 24.6. The summed E-state index contributed by atoms with van der Waals surface area (Å²) in [7, 11) is 5.66. The molecule has 0 saturated carbocycles. The molecule has 5 nitrogen and oxygen atoms in total. The Morgan fingerprint density at radius 3 is 2.44 bits per heavy atom. The zero-order valence-corrected chi connectivity index (χ0v) is 16.1. The number of likely N-dealkylation sites (tertiary alicyclic amines) is 2. The molecule has 0 N–H and O–H groups in total. The summed E-state index contributed by atoms with van der Waals surface area (Å²) >= 11 is 0. The Bertz CT molecular complexity index is 553. The van der Waals surface area contributed by atoms with Gasteiger partial charge in [0.05, 0.1) is 20.8 Å². The standard InChI is InChI=1S/C20H32N2O3/c1-5-25-20-18(23-3)11-15(12-19(20)24-4)13-22-10-8-17-16(14-22)7-6-9-21(17)2/h11-12,16-17H,5-10,13-14H2,1-4H3. The predicted molar refractivity (Wildman–Crippen MR) is 99.8 cm³/mol. The van der Waals surface area contributed by atoms with Gasteiger partial charge in [-0.25, -0.2) is 0 Å². The van der Waals surface area contributed by atoms with Crippen LogP contribution in [0.3, 0.4) is 0 Å². The fourth-order valence-corrected chi connectivity index (χ4v) is 4.44. The molecule has 140 valence electrons. The summed E-state index contributed by atoms with van der Waals surface area (Å²) in [4.78, 5) is 5.14. The van der Waals surface area contributed by atoms with Crippen molar-refractivity contribution in [1.82, 2.24) is 9.80 Å². The summed E-state index contributed by atoms with van der Waals surface area (Å²) in [6.07, 6.45) is 3.96. The Kier molecular flexibility index (Phi) is 6.07. The van der Waals surface area contributed by atoms with Crippen molar-refractivity contribution in [1.29, 1.82) is 0 Å². The van der Waals surface area contributed by atoms with Gasteiger partial charge in [-0.05, 0) is 69.9 Å². The van der Waals surface area contributed by atoms with Gasteiger partial charge in [-0.3, -0.25) is 4.90 Å². The molecule has 2 saturated heterocycles. The van der Waals surface area contributed by atoms with Crippen LogP contribution in [0.2, 0.25) is 0 Å². The lowest BCUT2D eigenvalue weighted by molar-refractivity contribution is 0.0354. The van der Waals surface area contributed by atoms with Gasteiger partial charge in [0.15, 0.2) is 11.5 Å². The predicted octanol–water partition coefficient (Wildman–Crippen LogP) is 3.02. The van der Waals surface area contributed by atoms with Crippen molar-refractivity contribution in [3.8, 4) is 17.2 Å². The van der Waals surface area contributed by atoms with E-state index in [0.717, 1.165) is 36.5 Å². The SMILES string of the molecule is CCOc1c(OC)cc(CN2CCC3C(CCCN3C)C2)cc1OC. The van der Waals surface area contributed by atoms with Crippen LogP contribution in [0.5, 0.6) is 17.2 Å². The lowest BCUT2D eigenvalue weighted by Gasteiger charge is -2.46. The van der Waals surface area contributed by atoms with E-state index < -0.39 is 0 Å². The van der Waals surface area contributed by atoms with Crippen molar-refractivity contribution in [2.45, 2.75) is 38.8 Å². The molecule has 5 heteroatoms. The fourth-order valence-electron chi connectivity index (χ4n) is 4.44. The second-order valence-corrected chi connectivity index (χ2v) is 7.24. The minimum Gasteiger partial charge on any atom is -0.493 e. The summed E-state index contributed by atoms with van der Waals surface area (Å²) in [5.74, 6) is 3.01. The lowest BCUT2D eigenvalue weighted by atomic mass is 9.84. The van der Waals surface area contributed by atoms with E-state index in [9.17, 15) is 0 Å². The molecule has 0 bridgehead atoms. The highest BCUT2D eigenvalue weighted by atomic mass is 16.5. The maximum absolute atomic E-state index is 5.71. The van der Waals surface area contributed by atoms with E-state index >= 15 is 0 Å². The molecule has 1 aromatic rings. The maximum Gasteiger partial charge on any atom is 0.203 e. The number of fused-ring (bicyclic) bond motifs is 1. The fraction of sp³-hybridized carbons (Fsp3) is 0.700. The number of nitrogens with zero attached hydrogens (tertiary/aromatic N) is 2. The van der Waals surface area contributed by atoms with Crippen molar-refractivity contribution in [2.24, 2.45) is 5.92 Å². The first-order valence-electron chi connectivity index (χ1n) is 9.46. The quantitative estimate of drug-likeness (QED) is 0.789. The summed E-state index contributed by atoms with van der Waals surface area (Å²) in [6.45, 7) is 7.10. The van der Waals surface area contributed by atoms with Crippen LogP contribution in [-0.2, 0) is 6.54 Å². The molecular formula is C20H32N2O3. The van der Waals surface area contributed by atoms with Gasteiger partial charge in [0.2, 0.25) is 5.75 Å². The molecule has 2 unspecified atom stereocenters. The Morgan fingerprint density at radius 1 is 1.08 bits per heavy atom. The first-order chi connectivity index (χ1) is 12.2. The van der Waals surface area contributed by atoms with Gasteiger partial charge >= 0.3 is 0 Å². The average Bonchev–Trinajstić information content (AvgIpc) is 2.63. The van der Waals surface area contributed by atoms with Gasteiger partial charge < -0.3 is 19.1 Å². The molecule has 0 radical (unpaired) electrons. The monoisotopic (exact) mass is 348 g/mol. The van der Waals surface area contributed by atoms with Crippen LogP contribution in [0.4, 0.5) is 0 Å². The Morgan fingerprint density at radius 2 is 1.80 bits per heavy atom. The molecule has 0 amide bonds. The summed E-state index contributed by atoms with van der Waals surface area (Å²) in [5.41, 5.74) is 1.22. The van der Waals surface area contributed by atoms with E-state index in [4.69, 9.17) is 14.2 Å². The van der Waals surface area contributed by atoms with Crippen molar-refractivity contribution >= 4 is 0 Å². The molecule has 2 aliphatic heterocycles. The number of rotatable bonds is 6. The molecule has 0 aliphatic carbocycles. The highest BCUT2D eigenvalue weighted by molar-refractivity contribution is 5.53. The number of hydrogen-bond acceptors (Lipinski definition) is 5. The van der Waals surface area contributed by atoms with Gasteiger partial charge in [-0.1, -0.05) is 0 Å². The van der Waals surface area contributed by atoms with E-state index in [1.165, 1.54) is 37.9 Å². The summed E-state index contributed by atoms with van der Waals surface area (Å²) in [5, 5.41) is 0. The first kappa shape index (κ1) is 18.3. The number of methoxy groups -OCH3 is 2. The molecule has 1 aromatic carbocycles. The highest BCUT2D eigenvalue weighted by Crippen LogP contribution is 2.39. The third-order valence-electron chi connectivity index (χ3n) is 5.65. The van der Waals surface area contributed by atoms with Crippen LogP contribution >= 0.6 is 0 Å². The second-order valence-electron chi connectivity index (χ2n) is 7.24. The van der Waals surface area contributed by atoms with Crippen LogP contribution in [0, 0.1) is 5.92 Å². The van der Waals surface area contributed by atoms with Crippen LogP contribution in [-0.4, -0.2) is 63.4 Å². The van der Waals surface area contributed by atoms with Crippen LogP contribution in [0.1, 0.15) is 31.7 Å². The van der Waals surface area contributed by atoms with E-state index in [1.54, 1.807) is 14.2 Å². The Hall–Kier alpha value is -1.46. The highest BCUT2D eigenvalue weighted by Gasteiger charge is 2.34. The van der Waals surface area contributed by atoms with E-state index in [-0.39, 0.29) is 0 Å². The van der Waals surface area contributed by atoms with Gasteiger partial charge in [-0.2, -0.15) is 0 Å². The molecule has 2 atom stereocenters. The van der Waals surface area contributed by atoms with E-state index in [2.05, 4.69) is 29.0 Å². The molecule has 2 heterocycles.